The van der Waals surface area contributed by atoms with E-state index in [1.165, 1.54) is 6.07 Å². The third kappa shape index (κ3) is 3.18. The normalized spacial score (nSPS) is 11.0. The van der Waals surface area contributed by atoms with E-state index in [2.05, 4.69) is 15.3 Å². The third-order valence-electron chi connectivity index (χ3n) is 4.00. The Morgan fingerprint density at radius 1 is 1.15 bits per heavy atom. The van der Waals surface area contributed by atoms with E-state index >= 15 is 0 Å². The SMILES string of the molecule is O=C(O)CNC(=O)c1c(O)ccc2nc(-c3cc4ccccc4s3)cnc12. The average Bonchev–Trinajstić information content (AvgIpc) is 3.10. The number of thiophene rings is 1. The molecule has 2 aromatic carbocycles. The van der Waals surface area contributed by atoms with Crippen LogP contribution in [0.15, 0.2) is 48.7 Å². The maximum atomic E-state index is 12.3. The number of hydrogen-bond acceptors (Lipinski definition) is 6. The number of aromatic nitrogens is 2. The second-order valence-electron chi connectivity index (χ2n) is 5.81. The molecule has 0 bridgehead atoms. The van der Waals surface area contributed by atoms with Gasteiger partial charge in [-0.1, -0.05) is 18.2 Å². The summed E-state index contributed by atoms with van der Waals surface area (Å²) in [6, 6.07) is 12.9. The topological polar surface area (TPSA) is 112 Å². The van der Waals surface area contributed by atoms with Crippen molar-refractivity contribution in [3.05, 3.63) is 54.2 Å². The molecule has 0 aliphatic rings. The standard InChI is InChI=1S/C19H13N3O4S/c23-13-6-5-11-18(17(13)19(26)21-9-16(24)25)20-8-12(22-11)15-7-10-3-1-2-4-14(10)27-15/h1-8,23H,9H2,(H,21,26)(H,24,25). The maximum absolute atomic E-state index is 12.3. The van der Waals surface area contributed by atoms with Crippen molar-refractivity contribution in [2.45, 2.75) is 0 Å². The highest BCUT2D eigenvalue weighted by molar-refractivity contribution is 7.22. The van der Waals surface area contributed by atoms with Crippen LogP contribution in [-0.2, 0) is 4.79 Å². The van der Waals surface area contributed by atoms with Crippen LogP contribution in [0.4, 0.5) is 0 Å². The molecule has 0 atom stereocenters. The van der Waals surface area contributed by atoms with Gasteiger partial charge in [-0.25, -0.2) is 4.98 Å². The molecule has 0 unspecified atom stereocenters. The molecule has 0 aliphatic heterocycles. The van der Waals surface area contributed by atoms with Crippen LogP contribution in [0.1, 0.15) is 10.4 Å². The van der Waals surface area contributed by atoms with Crippen molar-refractivity contribution in [1.82, 2.24) is 15.3 Å². The van der Waals surface area contributed by atoms with E-state index in [0.717, 1.165) is 15.0 Å². The second-order valence-corrected chi connectivity index (χ2v) is 6.89. The second kappa shape index (κ2) is 6.65. The summed E-state index contributed by atoms with van der Waals surface area (Å²) in [6.07, 6.45) is 1.54. The van der Waals surface area contributed by atoms with Gasteiger partial charge in [0, 0.05) is 4.70 Å². The molecule has 0 saturated carbocycles. The molecule has 1 amide bonds. The fourth-order valence-electron chi connectivity index (χ4n) is 2.77. The van der Waals surface area contributed by atoms with Gasteiger partial charge in [0.15, 0.2) is 0 Å². The fraction of sp³-hybridized carbons (Fsp3) is 0.0526. The van der Waals surface area contributed by atoms with Gasteiger partial charge in [0.05, 0.1) is 22.3 Å². The van der Waals surface area contributed by atoms with E-state index in [1.807, 2.05) is 30.3 Å². The van der Waals surface area contributed by atoms with Gasteiger partial charge in [-0.05, 0) is 29.7 Å². The lowest BCUT2D eigenvalue weighted by Gasteiger charge is -2.08. The zero-order valence-electron chi connectivity index (χ0n) is 13.8. The molecule has 0 aliphatic carbocycles. The molecule has 27 heavy (non-hydrogen) atoms. The minimum absolute atomic E-state index is 0.0934. The van der Waals surface area contributed by atoms with E-state index in [9.17, 15) is 14.7 Å². The van der Waals surface area contributed by atoms with Gasteiger partial charge in [0.25, 0.3) is 5.91 Å². The number of phenols is 1. The van der Waals surface area contributed by atoms with Crippen molar-refractivity contribution in [2.75, 3.05) is 6.54 Å². The smallest absolute Gasteiger partial charge is 0.322 e. The maximum Gasteiger partial charge on any atom is 0.322 e. The monoisotopic (exact) mass is 379 g/mol. The molecule has 0 spiro atoms. The molecule has 8 heteroatoms. The predicted octanol–water partition coefficient (Wildman–Crippen LogP) is 3.03. The Labute approximate surface area is 156 Å². The summed E-state index contributed by atoms with van der Waals surface area (Å²) < 4.78 is 1.13. The van der Waals surface area contributed by atoms with Crippen LogP contribution in [0.5, 0.6) is 5.75 Å². The van der Waals surface area contributed by atoms with Crippen molar-refractivity contribution >= 4 is 44.3 Å². The molecular weight excluding hydrogens is 366 g/mol. The number of phenolic OH excluding ortho intramolecular Hbond substituents is 1. The molecule has 7 nitrogen and oxygen atoms in total. The lowest BCUT2D eigenvalue weighted by Crippen LogP contribution is -2.29. The number of carboxylic acid groups (broad SMARTS) is 1. The molecule has 0 saturated heterocycles. The number of carboxylic acids is 1. The number of benzene rings is 2. The van der Waals surface area contributed by atoms with Crippen molar-refractivity contribution in [3.63, 3.8) is 0 Å². The Morgan fingerprint density at radius 3 is 2.74 bits per heavy atom. The highest BCUT2D eigenvalue weighted by Crippen LogP contribution is 2.33. The van der Waals surface area contributed by atoms with Crippen LogP contribution in [-0.4, -0.2) is 38.6 Å². The van der Waals surface area contributed by atoms with Gasteiger partial charge in [0.1, 0.15) is 23.4 Å². The number of rotatable bonds is 4. The van der Waals surface area contributed by atoms with Gasteiger partial charge in [0.2, 0.25) is 0 Å². The molecule has 4 rings (SSSR count). The van der Waals surface area contributed by atoms with E-state index in [4.69, 9.17) is 5.11 Å². The Hall–Kier alpha value is -3.52. The summed E-state index contributed by atoms with van der Waals surface area (Å²) in [5, 5.41) is 22.1. The Morgan fingerprint density at radius 2 is 1.96 bits per heavy atom. The Kier molecular flexibility index (Phi) is 4.17. The first-order valence-electron chi connectivity index (χ1n) is 8.00. The van der Waals surface area contributed by atoms with E-state index in [1.54, 1.807) is 23.6 Å². The average molecular weight is 379 g/mol. The summed E-state index contributed by atoms with van der Waals surface area (Å²) >= 11 is 1.59. The predicted molar refractivity (Wildman–Crippen MR) is 102 cm³/mol. The molecule has 2 heterocycles. The summed E-state index contributed by atoms with van der Waals surface area (Å²) in [7, 11) is 0. The zero-order valence-corrected chi connectivity index (χ0v) is 14.7. The van der Waals surface area contributed by atoms with Crippen molar-refractivity contribution in [3.8, 4) is 16.3 Å². The first kappa shape index (κ1) is 16.9. The zero-order chi connectivity index (χ0) is 19.0. The third-order valence-corrected chi connectivity index (χ3v) is 5.14. The minimum atomic E-state index is -1.18. The van der Waals surface area contributed by atoms with Crippen molar-refractivity contribution < 1.29 is 19.8 Å². The number of carbonyl (C=O) groups is 2. The van der Waals surface area contributed by atoms with Gasteiger partial charge in [-0.3, -0.25) is 14.6 Å². The number of hydrogen-bond donors (Lipinski definition) is 3. The van der Waals surface area contributed by atoms with Crippen molar-refractivity contribution in [2.24, 2.45) is 0 Å². The lowest BCUT2D eigenvalue weighted by molar-refractivity contribution is -0.135. The molecule has 2 aromatic heterocycles. The summed E-state index contributed by atoms with van der Waals surface area (Å²) in [5.41, 5.74) is 1.21. The number of amides is 1. The van der Waals surface area contributed by atoms with Crippen molar-refractivity contribution in [1.29, 1.82) is 0 Å². The van der Waals surface area contributed by atoms with E-state index in [-0.39, 0.29) is 16.8 Å². The quantitative estimate of drug-likeness (QED) is 0.502. The molecule has 134 valence electrons. The molecule has 4 aromatic rings. The largest absolute Gasteiger partial charge is 0.507 e. The van der Waals surface area contributed by atoms with Crippen LogP contribution in [0.25, 0.3) is 31.7 Å². The van der Waals surface area contributed by atoms with Crippen LogP contribution >= 0.6 is 11.3 Å². The number of aromatic hydroxyl groups is 1. The summed E-state index contributed by atoms with van der Waals surface area (Å²) in [4.78, 5) is 32.7. The van der Waals surface area contributed by atoms with Crippen LogP contribution in [0, 0.1) is 0 Å². The lowest BCUT2D eigenvalue weighted by atomic mass is 10.1. The Balaban J connectivity index is 1.78. The van der Waals surface area contributed by atoms with Gasteiger partial charge in [-0.2, -0.15) is 0 Å². The summed E-state index contributed by atoms with van der Waals surface area (Å²) in [6.45, 7) is -0.554. The first-order chi connectivity index (χ1) is 13.0. The van der Waals surface area contributed by atoms with Gasteiger partial charge in [-0.15, -0.1) is 11.3 Å². The molecule has 0 fully saturated rings. The highest BCUT2D eigenvalue weighted by atomic mass is 32.1. The number of nitrogens with zero attached hydrogens (tertiary/aromatic N) is 2. The van der Waals surface area contributed by atoms with Crippen LogP contribution in [0.2, 0.25) is 0 Å². The first-order valence-corrected chi connectivity index (χ1v) is 8.82. The van der Waals surface area contributed by atoms with Gasteiger partial charge >= 0.3 is 5.97 Å². The fourth-order valence-corrected chi connectivity index (χ4v) is 3.79. The molecule has 0 radical (unpaired) electrons. The number of aliphatic carboxylic acids is 1. The molecular formula is C19H13N3O4S. The highest BCUT2D eigenvalue weighted by Gasteiger charge is 2.18. The van der Waals surface area contributed by atoms with E-state index in [0.29, 0.717) is 11.2 Å². The van der Waals surface area contributed by atoms with Crippen LogP contribution < -0.4 is 5.32 Å². The van der Waals surface area contributed by atoms with Gasteiger partial charge < -0.3 is 15.5 Å². The van der Waals surface area contributed by atoms with Crippen LogP contribution in [0.3, 0.4) is 0 Å². The molecule has 3 N–H and O–H groups in total. The summed E-state index contributed by atoms with van der Waals surface area (Å²) in [5.74, 6) is -2.18. The van der Waals surface area contributed by atoms with E-state index < -0.39 is 18.4 Å². The minimum Gasteiger partial charge on any atom is -0.507 e. The number of carbonyl (C=O) groups excluding carboxylic acids is 1. The Bertz CT molecular complexity index is 1170. The number of nitrogens with one attached hydrogen (secondary N) is 1. The number of fused-ring (bicyclic) bond motifs is 2.